The highest BCUT2D eigenvalue weighted by Gasteiger charge is 2.28. The molecule has 24 heavy (non-hydrogen) atoms. The van der Waals surface area contributed by atoms with E-state index < -0.39 is 0 Å². The predicted molar refractivity (Wildman–Crippen MR) is 90.4 cm³/mol. The topological polar surface area (TPSA) is 60.3 Å². The molecule has 0 radical (unpaired) electrons. The third-order valence-electron chi connectivity index (χ3n) is 4.61. The van der Waals surface area contributed by atoms with Crippen LogP contribution in [0.25, 0.3) is 0 Å². The fourth-order valence-corrected chi connectivity index (χ4v) is 3.06. The Kier molecular flexibility index (Phi) is 5.25. The van der Waals surface area contributed by atoms with Crippen LogP contribution in [0.3, 0.4) is 0 Å². The average Bonchev–Trinajstić information content (AvgIpc) is 3.06. The molecule has 0 unspecified atom stereocenters. The molecular weight excluding hydrogens is 304 g/mol. The normalized spacial score (nSPS) is 19.2. The number of morpholine rings is 1. The van der Waals surface area contributed by atoms with Gasteiger partial charge in [0.1, 0.15) is 12.4 Å². The van der Waals surface area contributed by atoms with E-state index in [0.29, 0.717) is 32.0 Å². The molecule has 0 bridgehead atoms. The van der Waals surface area contributed by atoms with Gasteiger partial charge in [-0.05, 0) is 17.9 Å². The van der Waals surface area contributed by atoms with E-state index in [1.807, 2.05) is 34.7 Å². The number of aryl methyl sites for hydroxylation is 1. The molecule has 1 aromatic carbocycles. The van der Waals surface area contributed by atoms with Gasteiger partial charge in [-0.2, -0.15) is 0 Å². The Morgan fingerprint density at radius 2 is 2.17 bits per heavy atom. The molecular formula is C18H24N4O2. The van der Waals surface area contributed by atoms with Crippen molar-refractivity contribution < 1.29 is 9.53 Å². The number of hydrogen-bond acceptors (Lipinski definition) is 4. The molecule has 0 aliphatic carbocycles. The van der Waals surface area contributed by atoms with Gasteiger partial charge in [0.15, 0.2) is 5.82 Å². The summed E-state index contributed by atoms with van der Waals surface area (Å²) in [5.74, 6) is 1.34. The molecule has 6 nitrogen and oxygen atoms in total. The largest absolute Gasteiger partial charge is 0.366 e. The smallest absolute Gasteiger partial charge is 0.222 e. The fraction of sp³-hybridized carbons (Fsp3) is 0.500. The quantitative estimate of drug-likeness (QED) is 0.845. The van der Waals surface area contributed by atoms with E-state index in [0.717, 1.165) is 12.2 Å². The maximum absolute atomic E-state index is 12.6. The Balaban J connectivity index is 1.54. The predicted octanol–water partition coefficient (Wildman–Crippen LogP) is 2.30. The van der Waals surface area contributed by atoms with Gasteiger partial charge in [-0.25, -0.2) is 0 Å². The molecule has 1 saturated heterocycles. The molecule has 0 spiro atoms. The van der Waals surface area contributed by atoms with Gasteiger partial charge in [0.2, 0.25) is 5.91 Å². The van der Waals surface area contributed by atoms with Gasteiger partial charge in [-0.15, -0.1) is 10.2 Å². The number of amides is 1. The summed E-state index contributed by atoms with van der Waals surface area (Å²) in [6, 6.07) is 10.3. The lowest BCUT2D eigenvalue weighted by Crippen LogP contribution is -2.42. The van der Waals surface area contributed by atoms with Crippen LogP contribution in [0.1, 0.15) is 43.2 Å². The van der Waals surface area contributed by atoms with Crippen molar-refractivity contribution in [3.05, 3.63) is 48.0 Å². The van der Waals surface area contributed by atoms with Crippen molar-refractivity contribution in [1.29, 1.82) is 0 Å². The van der Waals surface area contributed by atoms with E-state index in [9.17, 15) is 4.79 Å². The summed E-state index contributed by atoms with van der Waals surface area (Å²) in [5.41, 5.74) is 1.28. The molecule has 1 fully saturated rings. The van der Waals surface area contributed by atoms with Crippen molar-refractivity contribution in [3.63, 3.8) is 0 Å². The summed E-state index contributed by atoms with van der Waals surface area (Å²) in [6.07, 6.45) is 2.87. The molecule has 1 aromatic heterocycles. The van der Waals surface area contributed by atoms with Crippen molar-refractivity contribution in [3.8, 4) is 0 Å². The number of rotatable bonds is 5. The Bertz CT molecular complexity index is 671. The van der Waals surface area contributed by atoms with E-state index in [-0.39, 0.29) is 12.0 Å². The van der Waals surface area contributed by atoms with E-state index in [4.69, 9.17) is 4.74 Å². The van der Waals surface area contributed by atoms with E-state index in [1.165, 1.54) is 5.56 Å². The zero-order chi connectivity index (χ0) is 16.9. The van der Waals surface area contributed by atoms with Crippen LogP contribution >= 0.6 is 0 Å². The van der Waals surface area contributed by atoms with Gasteiger partial charge in [0.25, 0.3) is 0 Å². The van der Waals surface area contributed by atoms with Crippen LogP contribution in [0.5, 0.6) is 0 Å². The zero-order valence-electron chi connectivity index (χ0n) is 14.3. The van der Waals surface area contributed by atoms with Gasteiger partial charge in [0, 0.05) is 20.0 Å². The fourth-order valence-electron chi connectivity index (χ4n) is 3.06. The van der Waals surface area contributed by atoms with Gasteiger partial charge >= 0.3 is 0 Å². The Morgan fingerprint density at radius 1 is 1.38 bits per heavy atom. The molecule has 6 heteroatoms. The molecule has 1 aliphatic heterocycles. The SMILES string of the molecule is C[C@@H](CCC(=O)N1CCO[C@@H](c2nncn2C)C1)c1ccccc1. The van der Waals surface area contributed by atoms with Crippen LogP contribution in [0.4, 0.5) is 0 Å². The second-order valence-electron chi connectivity index (χ2n) is 6.35. The number of carbonyl (C=O) groups excluding carboxylic acids is 1. The van der Waals surface area contributed by atoms with Crippen LogP contribution in [0, 0.1) is 0 Å². The summed E-state index contributed by atoms with van der Waals surface area (Å²) in [7, 11) is 1.89. The van der Waals surface area contributed by atoms with Gasteiger partial charge in [0.05, 0.1) is 13.2 Å². The average molecular weight is 328 g/mol. The number of carbonyl (C=O) groups is 1. The summed E-state index contributed by atoms with van der Waals surface area (Å²) in [5, 5.41) is 7.99. The monoisotopic (exact) mass is 328 g/mol. The zero-order valence-corrected chi connectivity index (χ0v) is 14.3. The standard InChI is InChI=1S/C18H24N4O2/c1-14(15-6-4-3-5-7-15)8-9-17(23)22-10-11-24-16(12-22)18-20-19-13-21(18)2/h3-7,13-14,16H,8-12H2,1-2H3/t14-,16+/m0/s1. The highest BCUT2D eigenvalue weighted by molar-refractivity contribution is 5.76. The first-order valence-electron chi connectivity index (χ1n) is 8.43. The number of aromatic nitrogens is 3. The van der Waals surface area contributed by atoms with Crippen molar-refractivity contribution in [2.45, 2.75) is 31.8 Å². The highest BCUT2D eigenvalue weighted by Crippen LogP contribution is 2.23. The van der Waals surface area contributed by atoms with Gasteiger partial charge in [-0.3, -0.25) is 4.79 Å². The summed E-state index contributed by atoms with van der Waals surface area (Å²) < 4.78 is 7.60. The summed E-state index contributed by atoms with van der Waals surface area (Å²) in [6.45, 7) is 3.90. The van der Waals surface area contributed by atoms with Gasteiger partial charge < -0.3 is 14.2 Å². The lowest BCUT2D eigenvalue weighted by atomic mass is 9.96. The van der Waals surface area contributed by atoms with Crippen LogP contribution in [-0.2, 0) is 16.6 Å². The summed E-state index contributed by atoms with van der Waals surface area (Å²) >= 11 is 0. The highest BCUT2D eigenvalue weighted by atomic mass is 16.5. The minimum atomic E-state index is -0.193. The van der Waals surface area contributed by atoms with E-state index in [1.54, 1.807) is 6.33 Å². The molecule has 0 N–H and O–H groups in total. The maximum Gasteiger partial charge on any atom is 0.222 e. The first kappa shape index (κ1) is 16.6. The third-order valence-corrected chi connectivity index (χ3v) is 4.61. The molecule has 0 saturated carbocycles. The van der Waals surface area contributed by atoms with Crippen LogP contribution in [0.15, 0.2) is 36.7 Å². The number of benzene rings is 1. The van der Waals surface area contributed by atoms with Crippen molar-refractivity contribution in [1.82, 2.24) is 19.7 Å². The van der Waals surface area contributed by atoms with Crippen LogP contribution in [-0.4, -0.2) is 45.3 Å². The second-order valence-corrected chi connectivity index (χ2v) is 6.35. The molecule has 2 atom stereocenters. The minimum Gasteiger partial charge on any atom is -0.366 e. The maximum atomic E-state index is 12.6. The van der Waals surface area contributed by atoms with Crippen molar-refractivity contribution >= 4 is 5.91 Å². The molecule has 3 rings (SSSR count). The summed E-state index contributed by atoms with van der Waals surface area (Å²) in [4.78, 5) is 14.5. The molecule has 1 aliphatic rings. The minimum absolute atomic E-state index is 0.188. The van der Waals surface area contributed by atoms with Crippen molar-refractivity contribution in [2.75, 3.05) is 19.7 Å². The second kappa shape index (κ2) is 7.57. The third kappa shape index (κ3) is 3.82. The number of ether oxygens (including phenoxy) is 1. The van der Waals surface area contributed by atoms with Crippen LogP contribution < -0.4 is 0 Å². The molecule has 128 valence electrons. The Labute approximate surface area is 142 Å². The Morgan fingerprint density at radius 3 is 2.88 bits per heavy atom. The number of hydrogen-bond donors (Lipinski definition) is 0. The first-order valence-corrected chi connectivity index (χ1v) is 8.43. The van der Waals surface area contributed by atoms with Gasteiger partial charge in [-0.1, -0.05) is 37.3 Å². The first-order chi connectivity index (χ1) is 11.6. The van der Waals surface area contributed by atoms with E-state index in [2.05, 4.69) is 29.3 Å². The molecule has 2 heterocycles. The molecule has 1 amide bonds. The lowest BCUT2D eigenvalue weighted by Gasteiger charge is -2.32. The van der Waals surface area contributed by atoms with Crippen LogP contribution in [0.2, 0.25) is 0 Å². The molecule has 2 aromatic rings. The Hall–Kier alpha value is -2.21. The van der Waals surface area contributed by atoms with Crippen molar-refractivity contribution in [2.24, 2.45) is 7.05 Å². The number of nitrogens with zero attached hydrogens (tertiary/aromatic N) is 4. The van der Waals surface area contributed by atoms with E-state index >= 15 is 0 Å². The lowest BCUT2D eigenvalue weighted by molar-refractivity contribution is -0.139.